The van der Waals surface area contributed by atoms with Gasteiger partial charge in [0.25, 0.3) is 5.91 Å². The van der Waals surface area contributed by atoms with Gasteiger partial charge in [-0.05, 0) is 86.7 Å². The highest BCUT2D eigenvalue weighted by atomic mass is 19.1. The number of pyridine rings is 1. The van der Waals surface area contributed by atoms with Crippen molar-refractivity contribution in [2.45, 2.75) is 46.2 Å². The first kappa shape index (κ1) is 29.0. The Hall–Kier alpha value is -3.49. The highest BCUT2D eigenvalue weighted by Crippen LogP contribution is 2.26. The number of nitrogens with two attached hydrogens (primary N) is 1. The van der Waals surface area contributed by atoms with Crippen molar-refractivity contribution in [1.82, 2.24) is 14.8 Å². The molecule has 8 heteroatoms. The van der Waals surface area contributed by atoms with E-state index in [2.05, 4.69) is 69.9 Å². The van der Waals surface area contributed by atoms with E-state index in [-0.39, 0.29) is 17.8 Å². The molecule has 0 spiro atoms. The van der Waals surface area contributed by atoms with E-state index in [4.69, 9.17) is 5.73 Å². The minimum absolute atomic E-state index is 0.0214. The van der Waals surface area contributed by atoms with Crippen LogP contribution in [0.25, 0.3) is 0 Å². The highest BCUT2D eigenvalue weighted by molar-refractivity contribution is 5.96. The quantitative estimate of drug-likeness (QED) is 0.442. The molecular formula is C33H43FN6O. The van der Waals surface area contributed by atoms with Crippen LogP contribution in [0.15, 0.2) is 54.7 Å². The monoisotopic (exact) mass is 558 g/mol. The van der Waals surface area contributed by atoms with Crippen LogP contribution < -0.4 is 15.5 Å². The molecule has 0 radical (unpaired) electrons. The molecule has 1 amide bonds. The molecule has 2 aromatic carbocycles. The van der Waals surface area contributed by atoms with Crippen LogP contribution in [-0.4, -0.2) is 79.1 Å². The molecule has 3 heterocycles. The lowest BCUT2D eigenvalue weighted by atomic mass is 9.97. The standard InChI is InChI=1S/C33H43FN6O/c1-24-19-25(2)30(33(41)40-18-17-39(22-26(40)3)32-11-10-29(34)21-36-32)20-28(24)23-37-13-15-38(16-14-37)31-9-5-4-7-27(31)8-6-12-35/h4-5,7,9-11,19-21,26H,6,8,12-18,22-23,35H2,1-3H3/t26-/m0/s1. The van der Waals surface area contributed by atoms with Crippen molar-refractivity contribution in [3.8, 4) is 0 Å². The van der Waals surface area contributed by atoms with Crippen molar-refractivity contribution >= 4 is 17.4 Å². The molecule has 0 unspecified atom stereocenters. The van der Waals surface area contributed by atoms with Gasteiger partial charge in [0.05, 0.1) is 6.20 Å². The zero-order chi connectivity index (χ0) is 28.9. The van der Waals surface area contributed by atoms with Crippen LogP contribution in [0.5, 0.6) is 0 Å². The van der Waals surface area contributed by atoms with Gasteiger partial charge in [0.1, 0.15) is 11.6 Å². The summed E-state index contributed by atoms with van der Waals surface area (Å²) in [4.78, 5) is 27.1. The molecule has 2 aliphatic rings. The van der Waals surface area contributed by atoms with Crippen LogP contribution in [0.4, 0.5) is 15.9 Å². The second-order valence-corrected chi connectivity index (χ2v) is 11.5. The molecule has 2 saturated heterocycles. The molecule has 1 aromatic heterocycles. The van der Waals surface area contributed by atoms with E-state index in [0.29, 0.717) is 26.2 Å². The average molecular weight is 559 g/mol. The molecule has 218 valence electrons. The predicted molar refractivity (Wildman–Crippen MR) is 164 cm³/mol. The molecule has 2 aliphatic heterocycles. The largest absolute Gasteiger partial charge is 0.369 e. The number of para-hydroxylation sites is 1. The van der Waals surface area contributed by atoms with Crippen LogP contribution in [0.3, 0.4) is 0 Å². The SMILES string of the molecule is Cc1cc(C)c(C(=O)N2CCN(c3ccc(F)cn3)C[C@@H]2C)cc1CN1CCN(c2ccccc2CCCN)CC1. The fourth-order valence-corrected chi connectivity index (χ4v) is 6.19. The summed E-state index contributed by atoms with van der Waals surface area (Å²) in [6.45, 7) is 13.7. The van der Waals surface area contributed by atoms with Gasteiger partial charge in [-0.3, -0.25) is 9.69 Å². The van der Waals surface area contributed by atoms with Gasteiger partial charge < -0.3 is 20.4 Å². The van der Waals surface area contributed by atoms with Gasteiger partial charge in [-0.25, -0.2) is 9.37 Å². The van der Waals surface area contributed by atoms with E-state index in [1.807, 2.05) is 11.8 Å². The highest BCUT2D eigenvalue weighted by Gasteiger charge is 2.30. The summed E-state index contributed by atoms with van der Waals surface area (Å²) in [7, 11) is 0. The van der Waals surface area contributed by atoms with E-state index in [1.54, 1.807) is 6.07 Å². The number of aryl methyl sites for hydroxylation is 3. The van der Waals surface area contributed by atoms with Crippen LogP contribution in [0.1, 0.15) is 46.0 Å². The van der Waals surface area contributed by atoms with Gasteiger partial charge in [-0.1, -0.05) is 24.3 Å². The maximum atomic E-state index is 13.8. The summed E-state index contributed by atoms with van der Waals surface area (Å²) in [5.41, 5.74) is 12.7. The number of nitrogens with zero attached hydrogens (tertiary/aromatic N) is 5. The zero-order valence-electron chi connectivity index (χ0n) is 24.7. The molecule has 1 atom stereocenters. The normalized spacial score (nSPS) is 18.2. The van der Waals surface area contributed by atoms with Crippen LogP contribution in [0, 0.1) is 19.7 Å². The fourth-order valence-electron chi connectivity index (χ4n) is 6.19. The van der Waals surface area contributed by atoms with E-state index < -0.39 is 0 Å². The molecule has 2 N–H and O–H groups in total. The summed E-state index contributed by atoms with van der Waals surface area (Å²) < 4.78 is 13.3. The number of hydrogen-bond acceptors (Lipinski definition) is 6. The van der Waals surface area contributed by atoms with E-state index in [1.165, 1.54) is 34.6 Å². The summed E-state index contributed by atoms with van der Waals surface area (Å²) in [5.74, 6) is 0.493. The van der Waals surface area contributed by atoms with Crippen LogP contribution >= 0.6 is 0 Å². The molecule has 41 heavy (non-hydrogen) atoms. The number of piperazine rings is 2. The van der Waals surface area contributed by atoms with Gasteiger partial charge >= 0.3 is 0 Å². The topological polar surface area (TPSA) is 68.9 Å². The third kappa shape index (κ3) is 6.71. The second kappa shape index (κ2) is 13.0. The lowest BCUT2D eigenvalue weighted by molar-refractivity contribution is 0.0672. The molecule has 7 nitrogen and oxygen atoms in total. The van der Waals surface area contributed by atoms with Crippen molar-refractivity contribution in [2.24, 2.45) is 5.73 Å². The molecule has 2 fully saturated rings. The number of halogens is 1. The Balaban J connectivity index is 1.22. The first-order chi connectivity index (χ1) is 19.8. The third-order valence-electron chi connectivity index (χ3n) is 8.59. The summed E-state index contributed by atoms with van der Waals surface area (Å²) in [6, 6.07) is 16.2. The minimum Gasteiger partial charge on any atom is -0.369 e. The Morgan fingerprint density at radius 1 is 0.951 bits per heavy atom. The molecule has 0 bridgehead atoms. The number of hydrogen-bond donors (Lipinski definition) is 1. The Kier molecular flexibility index (Phi) is 9.20. The Morgan fingerprint density at radius 2 is 1.71 bits per heavy atom. The van der Waals surface area contributed by atoms with Crippen molar-refractivity contribution in [1.29, 1.82) is 0 Å². The fraction of sp³-hybridized carbons (Fsp3) is 0.455. The minimum atomic E-state index is -0.341. The molecule has 0 aliphatic carbocycles. The van der Waals surface area contributed by atoms with Gasteiger partial charge in [0, 0.05) is 69.7 Å². The predicted octanol–water partition coefficient (Wildman–Crippen LogP) is 4.40. The summed E-state index contributed by atoms with van der Waals surface area (Å²) in [6.07, 6.45) is 3.27. The molecule has 5 rings (SSSR count). The maximum Gasteiger partial charge on any atom is 0.254 e. The van der Waals surface area contributed by atoms with Crippen molar-refractivity contribution in [3.05, 3.63) is 88.4 Å². The first-order valence-electron chi connectivity index (χ1n) is 14.9. The van der Waals surface area contributed by atoms with Crippen molar-refractivity contribution in [3.63, 3.8) is 0 Å². The number of aromatic nitrogens is 1. The number of carbonyl (C=O) groups excluding carboxylic acids is 1. The van der Waals surface area contributed by atoms with Gasteiger partial charge in [0.15, 0.2) is 0 Å². The Labute approximate surface area is 243 Å². The molecular weight excluding hydrogens is 515 g/mol. The van der Waals surface area contributed by atoms with Crippen molar-refractivity contribution in [2.75, 3.05) is 62.2 Å². The molecule has 0 saturated carbocycles. The lowest BCUT2D eigenvalue weighted by Gasteiger charge is -2.40. The van der Waals surface area contributed by atoms with Gasteiger partial charge in [0.2, 0.25) is 0 Å². The summed E-state index contributed by atoms with van der Waals surface area (Å²) >= 11 is 0. The zero-order valence-corrected chi connectivity index (χ0v) is 24.7. The summed E-state index contributed by atoms with van der Waals surface area (Å²) in [5, 5.41) is 0. The van der Waals surface area contributed by atoms with Crippen LogP contribution in [0.2, 0.25) is 0 Å². The Morgan fingerprint density at radius 3 is 2.41 bits per heavy atom. The average Bonchev–Trinajstić information content (AvgIpc) is 2.98. The Bertz CT molecular complexity index is 1340. The van der Waals surface area contributed by atoms with Crippen molar-refractivity contribution < 1.29 is 9.18 Å². The smallest absolute Gasteiger partial charge is 0.254 e. The third-order valence-corrected chi connectivity index (χ3v) is 8.59. The van der Waals surface area contributed by atoms with E-state index >= 15 is 0 Å². The van der Waals surface area contributed by atoms with Gasteiger partial charge in [-0.15, -0.1) is 0 Å². The van der Waals surface area contributed by atoms with Crippen LogP contribution in [-0.2, 0) is 13.0 Å². The van der Waals surface area contributed by atoms with E-state index in [9.17, 15) is 9.18 Å². The number of amides is 1. The number of carbonyl (C=O) groups is 1. The number of rotatable bonds is 8. The first-order valence-corrected chi connectivity index (χ1v) is 14.9. The second-order valence-electron chi connectivity index (χ2n) is 11.5. The lowest BCUT2D eigenvalue weighted by Crippen LogP contribution is -2.54. The maximum absolute atomic E-state index is 13.8. The number of benzene rings is 2. The van der Waals surface area contributed by atoms with Gasteiger partial charge in [-0.2, -0.15) is 0 Å². The molecule has 3 aromatic rings. The van der Waals surface area contributed by atoms with E-state index in [0.717, 1.165) is 62.5 Å². The number of anilines is 2.